The first-order valence-corrected chi connectivity index (χ1v) is 7.84. The van der Waals surface area contributed by atoms with Crippen LogP contribution in [0, 0.1) is 8.78 Å². The van der Waals surface area contributed by atoms with Crippen LogP contribution in [0.25, 0.3) is 0 Å². The number of amides is 1. The Morgan fingerprint density at radius 3 is 2.78 bits per heavy atom. The van der Waals surface area contributed by atoms with E-state index in [1.54, 1.807) is 0 Å². The summed E-state index contributed by atoms with van der Waals surface area (Å²) in [6, 6.07) is 3.03. The third-order valence-corrected chi connectivity index (χ3v) is 4.83. The molecular weight excluding hydrogens is 394 g/mol. The van der Waals surface area contributed by atoms with E-state index in [9.17, 15) is 10.0 Å². The van der Waals surface area contributed by atoms with Crippen LogP contribution in [0.1, 0.15) is 23.7 Å². The van der Waals surface area contributed by atoms with Gasteiger partial charge in [0.2, 0.25) is 0 Å². The summed E-state index contributed by atoms with van der Waals surface area (Å²) in [4.78, 5) is 11.9. The third kappa shape index (κ3) is 4.22. The first-order chi connectivity index (χ1) is 8.47. The van der Waals surface area contributed by atoms with Crippen LogP contribution in [0.15, 0.2) is 12.1 Å². The van der Waals surface area contributed by atoms with E-state index in [2.05, 4.69) is 5.32 Å². The van der Waals surface area contributed by atoms with Crippen molar-refractivity contribution in [3.63, 3.8) is 0 Å². The zero-order valence-electron chi connectivity index (χ0n) is 9.41. The summed E-state index contributed by atoms with van der Waals surface area (Å²) >= 11 is 10.6. The molecule has 0 atom stereocenters. The zero-order chi connectivity index (χ0) is 13.7. The Morgan fingerprint density at radius 2 is 2.22 bits per heavy atom. The molecule has 0 aromatic heterocycles. The van der Waals surface area contributed by atoms with Crippen molar-refractivity contribution >= 4 is 29.1 Å². The predicted molar refractivity (Wildman–Crippen MR) is 64.8 cm³/mol. The van der Waals surface area contributed by atoms with Crippen LogP contribution in [0.4, 0.5) is 0 Å². The standard InChI is InChI=1S/C10H11Cl2IN2O3/c1-2-5-14-10(16)8-6(11)3-4-7(9(8)12)13-15(17)18/h3-4,17H,2,5H2,1H3,(H,14,16)/q-2. The summed E-state index contributed by atoms with van der Waals surface area (Å²) in [5.41, 5.74) is 0.144. The average Bonchev–Trinajstić information content (AvgIpc) is 2.30. The number of rotatable bonds is 5. The van der Waals surface area contributed by atoms with Gasteiger partial charge in [0, 0.05) is 0 Å². The molecule has 0 unspecified atom stereocenters. The summed E-state index contributed by atoms with van der Waals surface area (Å²) in [5.74, 6) is -0.381. The number of benzene rings is 1. The number of nitrogens with one attached hydrogen (secondary N) is 1. The maximum absolute atomic E-state index is 11.9. The second-order valence-electron chi connectivity index (χ2n) is 3.28. The van der Waals surface area contributed by atoms with E-state index in [4.69, 9.17) is 28.4 Å². The summed E-state index contributed by atoms with van der Waals surface area (Å²) in [7, 11) is 0. The van der Waals surface area contributed by atoms with Crippen molar-refractivity contribution in [2.24, 2.45) is 0 Å². The van der Waals surface area contributed by atoms with E-state index in [0.717, 1.165) is 6.42 Å². The molecule has 0 fully saturated rings. The van der Waals surface area contributed by atoms with Crippen LogP contribution in [0.2, 0.25) is 10.0 Å². The van der Waals surface area contributed by atoms with Crippen LogP contribution in [-0.4, -0.2) is 21.1 Å². The van der Waals surface area contributed by atoms with Crippen LogP contribution in [-0.2, 0) is 0 Å². The van der Waals surface area contributed by atoms with Gasteiger partial charge in [0.15, 0.2) is 0 Å². The third-order valence-electron chi connectivity index (χ3n) is 1.97. The Hall–Kier alpha value is -0.120. The summed E-state index contributed by atoms with van der Waals surface area (Å²) < 4.78 is 0.292. The minimum atomic E-state index is -1.36. The number of nitrogens with zero attached hydrogens (tertiary/aromatic N) is 1. The Morgan fingerprint density at radius 1 is 1.56 bits per heavy atom. The Balaban J connectivity index is 3.05. The first-order valence-electron chi connectivity index (χ1n) is 5.04. The second-order valence-corrected chi connectivity index (χ2v) is 6.54. The minimum absolute atomic E-state index is 0.124. The van der Waals surface area contributed by atoms with E-state index < -0.39 is 21.5 Å². The molecule has 1 aromatic rings. The van der Waals surface area contributed by atoms with Crippen LogP contribution < -0.4 is 26.8 Å². The number of hydrogen-bond donors (Lipinski definition) is 2. The molecule has 0 heterocycles. The molecule has 0 aliphatic heterocycles. The van der Waals surface area contributed by atoms with Gasteiger partial charge in [-0.15, -0.1) is 0 Å². The molecule has 18 heavy (non-hydrogen) atoms. The normalized spacial score (nSPS) is 11.0. The molecular formula is C10H11Cl2IN2O3-2. The van der Waals surface area contributed by atoms with Gasteiger partial charge in [0.05, 0.1) is 0 Å². The van der Waals surface area contributed by atoms with Gasteiger partial charge in [-0.2, -0.15) is 0 Å². The van der Waals surface area contributed by atoms with E-state index in [1.165, 1.54) is 12.1 Å². The van der Waals surface area contributed by atoms with Crippen molar-refractivity contribution in [3.8, 4) is 0 Å². The molecule has 0 aliphatic rings. The molecule has 2 N–H and O–H groups in total. The van der Waals surface area contributed by atoms with E-state index in [0.29, 0.717) is 10.1 Å². The molecule has 0 radical (unpaired) electrons. The number of hydrogen-bond acceptors (Lipinski definition) is 4. The van der Waals surface area contributed by atoms with Crippen molar-refractivity contribution in [3.05, 3.63) is 36.5 Å². The van der Waals surface area contributed by atoms with Crippen molar-refractivity contribution < 1.29 is 31.5 Å². The van der Waals surface area contributed by atoms with Gasteiger partial charge in [-0.25, -0.2) is 0 Å². The molecule has 5 nitrogen and oxygen atoms in total. The molecule has 1 aromatic carbocycles. The summed E-state index contributed by atoms with van der Waals surface area (Å²) in [6.45, 7) is 2.44. The Labute approximate surface area is 125 Å². The van der Waals surface area contributed by atoms with Gasteiger partial charge in [-0.1, -0.05) is 0 Å². The van der Waals surface area contributed by atoms with Gasteiger partial charge in [-0.05, 0) is 0 Å². The van der Waals surface area contributed by atoms with Crippen molar-refractivity contribution in [2.45, 2.75) is 13.3 Å². The van der Waals surface area contributed by atoms with E-state index in [-0.39, 0.29) is 25.0 Å². The molecule has 1 rings (SSSR count). The second kappa shape index (κ2) is 7.46. The van der Waals surface area contributed by atoms with E-state index >= 15 is 0 Å². The summed E-state index contributed by atoms with van der Waals surface area (Å²) in [6.07, 6.45) is 0.790. The summed E-state index contributed by atoms with van der Waals surface area (Å²) in [5, 5.41) is 22.3. The van der Waals surface area contributed by atoms with Gasteiger partial charge in [-0.3, -0.25) is 0 Å². The quantitative estimate of drug-likeness (QED) is 0.300. The van der Waals surface area contributed by atoms with Crippen LogP contribution in [0.5, 0.6) is 0 Å². The van der Waals surface area contributed by atoms with Crippen molar-refractivity contribution in [1.82, 2.24) is 8.76 Å². The Bertz CT molecular complexity index is 443. The van der Waals surface area contributed by atoms with Crippen molar-refractivity contribution in [2.75, 3.05) is 6.54 Å². The maximum atomic E-state index is 11.9. The number of halogens is 3. The monoisotopic (exact) mass is 404 g/mol. The molecule has 0 saturated heterocycles. The van der Waals surface area contributed by atoms with Gasteiger partial charge in [0.25, 0.3) is 0 Å². The molecule has 102 valence electrons. The first kappa shape index (κ1) is 15.9. The predicted octanol–water partition coefficient (Wildman–Crippen LogP) is -0.504. The van der Waals surface area contributed by atoms with Crippen LogP contribution in [0.3, 0.4) is 0 Å². The Kier molecular flexibility index (Phi) is 6.61. The average molecular weight is 405 g/mol. The molecule has 0 bridgehead atoms. The molecule has 0 aliphatic carbocycles. The fourth-order valence-corrected chi connectivity index (χ4v) is 3.23. The van der Waals surface area contributed by atoms with E-state index in [1.807, 2.05) is 6.92 Å². The molecule has 1 amide bonds. The van der Waals surface area contributed by atoms with Gasteiger partial charge >= 0.3 is 126 Å². The zero-order valence-corrected chi connectivity index (χ0v) is 13.1. The molecule has 0 spiro atoms. The van der Waals surface area contributed by atoms with Gasteiger partial charge in [0.1, 0.15) is 0 Å². The number of carbonyl (C=O) groups excluding carboxylic acids is 1. The van der Waals surface area contributed by atoms with Crippen LogP contribution >= 0.6 is 23.2 Å². The fourth-order valence-electron chi connectivity index (χ4n) is 1.21. The number of carbonyl (C=O) groups is 1. The fraction of sp³-hybridized carbons (Fsp3) is 0.300. The van der Waals surface area contributed by atoms with Gasteiger partial charge < -0.3 is 0 Å². The topological polar surface area (TPSA) is 75.6 Å². The van der Waals surface area contributed by atoms with Crippen molar-refractivity contribution in [1.29, 1.82) is 0 Å². The molecule has 0 saturated carbocycles. The SMILES string of the molecule is CCCNC(=O)c1c(Cl)ccc([I-]N([O-])O)c1Cl. The molecule has 8 heteroatoms.